The van der Waals surface area contributed by atoms with E-state index in [9.17, 15) is 9.59 Å². The summed E-state index contributed by atoms with van der Waals surface area (Å²) in [4.78, 5) is 26.2. The molecule has 2 heterocycles. The van der Waals surface area contributed by atoms with Gasteiger partial charge in [-0.1, -0.05) is 0 Å². The third-order valence-electron chi connectivity index (χ3n) is 3.63. The fraction of sp³-hybridized carbons (Fsp3) is 0.647. The normalized spacial score (nSPS) is 17.8. The molecule has 1 aromatic rings. The van der Waals surface area contributed by atoms with Crippen LogP contribution in [0.5, 0.6) is 0 Å². The number of nitrogens with one attached hydrogen (secondary N) is 1. The van der Waals surface area contributed by atoms with Crippen LogP contribution in [0.2, 0.25) is 0 Å². The number of nitrogens with zero attached hydrogens (tertiary/aromatic N) is 1. The van der Waals surface area contributed by atoms with Gasteiger partial charge >= 0.3 is 6.09 Å². The van der Waals surface area contributed by atoms with Gasteiger partial charge in [0.1, 0.15) is 5.60 Å². The Labute approximate surface area is 142 Å². The Hall–Kier alpha value is -2.02. The number of rotatable bonds is 5. The van der Waals surface area contributed by atoms with E-state index in [1.54, 1.807) is 31.7 Å². The van der Waals surface area contributed by atoms with Gasteiger partial charge in [-0.25, -0.2) is 4.79 Å². The standard InChI is InChI=1S/C17H26N2O5/c1-5-22-11-12-6-8-19(10-12)15(20)14-13(7-9-23-14)18-16(21)24-17(2,3)4/h7,9,12H,5-6,8,10-11H2,1-4H3,(H,18,21)/t12-/m1/s1. The van der Waals surface area contributed by atoms with Crippen molar-refractivity contribution in [2.24, 2.45) is 5.92 Å². The van der Waals surface area contributed by atoms with Gasteiger partial charge in [0.05, 0.1) is 18.6 Å². The SMILES string of the molecule is CCOC[C@@H]1CCN(C(=O)c2occc2NC(=O)OC(C)(C)C)C1. The Balaban J connectivity index is 1.97. The third-order valence-corrected chi connectivity index (χ3v) is 3.63. The number of carbonyl (C=O) groups is 2. The first-order valence-electron chi connectivity index (χ1n) is 8.24. The lowest BCUT2D eigenvalue weighted by Crippen LogP contribution is -2.31. The maximum absolute atomic E-state index is 12.6. The average Bonchev–Trinajstić information content (AvgIpc) is 3.11. The van der Waals surface area contributed by atoms with Gasteiger partial charge in [0.2, 0.25) is 5.76 Å². The molecule has 2 rings (SSSR count). The molecule has 1 aromatic heterocycles. The van der Waals surface area contributed by atoms with E-state index in [1.165, 1.54) is 6.26 Å². The minimum atomic E-state index is -0.617. The second-order valence-corrected chi connectivity index (χ2v) is 6.86. The molecule has 0 spiro atoms. The van der Waals surface area contributed by atoms with E-state index in [-0.39, 0.29) is 11.7 Å². The Kier molecular flexibility index (Phi) is 5.88. The van der Waals surface area contributed by atoms with E-state index in [4.69, 9.17) is 13.9 Å². The molecule has 0 saturated carbocycles. The predicted octanol–water partition coefficient (Wildman–Crippen LogP) is 3.13. The molecule has 7 nitrogen and oxygen atoms in total. The number of ether oxygens (including phenoxy) is 2. The van der Waals surface area contributed by atoms with Crippen LogP contribution in [-0.2, 0) is 9.47 Å². The minimum absolute atomic E-state index is 0.123. The molecule has 1 fully saturated rings. The summed E-state index contributed by atoms with van der Waals surface area (Å²) in [7, 11) is 0. The van der Waals surface area contributed by atoms with Crippen molar-refractivity contribution in [1.29, 1.82) is 0 Å². The summed E-state index contributed by atoms with van der Waals surface area (Å²) >= 11 is 0. The van der Waals surface area contributed by atoms with Gasteiger partial charge in [-0.2, -0.15) is 0 Å². The summed E-state index contributed by atoms with van der Waals surface area (Å²) in [6.07, 6.45) is 1.67. The van der Waals surface area contributed by atoms with E-state index in [2.05, 4.69) is 5.32 Å². The second kappa shape index (κ2) is 7.70. The van der Waals surface area contributed by atoms with Crippen molar-refractivity contribution >= 4 is 17.7 Å². The number of likely N-dealkylation sites (tertiary alicyclic amines) is 1. The molecular formula is C17H26N2O5. The quantitative estimate of drug-likeness (QED) is 0.892. The fourth-order valence-corrected chi connectivity index (χ4v) is 2.57. The Morgan fingerprint density at radius 3 is 2.83 bits per heavy atom. The number of amides is 2. The average molecular weight is 338 g/mol. The van der Waals surface area contributed by atoms with E-state index in [0.717, 1.165) is 6.42 Å². The second-order valence-electron chi connectivity index (χ2n) is 6.86. The van der Waals surface area contributed by atoms with Gasteiger partial charge in [0.25, 0.3) is 5.91 Å². The predicted molar refractivity (Wildman–Crippen MR) is 89.1 cm³/mol. The van der Waals surface area contributed by atoms with Crippen molar-refractivity contribution in [3.63, 3.8) is 0 Å². The largest absolute Gasteiger partial charge is 0.457 e. The number of anilines is 1. The van der Waals surface area contributed by atoms with Crippen LogP contribution < -0.4 is 5.32 Å². The van der Waals surface area contributed by atoms with Crippen molar-refractivity contribution in [3.05, 3.63) is 18.1 Å². The first-order chi connectivity index (χ1) is 11.3. The van der Waals surface area contributed by atoms with Crippen LogP contribution in [0, 0.1) is 5.92 Å². The zero-order valence-corrected chi connectivity index (χ0v) is 14.8. The van der Waals surface area contributed by atoms with Crippen molar-refractivity contribution in [2.75, 3.05) is 31.6 Å². The summed E-state index contributed by atoms with van der Waals surface area (Å²) in [5.74, 6) is 0.231. The number of carbonyl (C=O) groups excluding carboxylic acids is 2. The van der Waals surface area contributed by atoms with E-state index in [1.807, 2.05) is 6.92 Å². The van der Waals surface area contributed by atoms with Crippen LogP contribution in [0.15, 0.2) is 16.7 Å². The Morgan fingerprint density at radius 2 is 2.17 bits per heavy atom. The maximum Gasteiger partial charge on any atom is 0.412 e. The molecule has 1 atom stereocenters. The fourth-order valence-electron chi connectivity index (χ4n) is 2.57. The summed E-state index contributed by atoms with van der Waals surface area (Å²) < 4.78 is 15.9. The first-order valence-corrected chi connectivity index (χ1v) is 8.24. The van der Waals surface area contributed by atoms with Gasteiger partial charge in [-0.3, -0.25) is 10.1 Å². The molecule has 24 heavy (non-hydrogen) atoms. The van der Waals surface area contributed by atoms with Crippen LogP contribution in [0.1, 0.15) is 44.7 Å². The topological polar surface area (TPSA) is 81.0 Å². The molecule has 0 radical (unpaired) electrons. The molecule has 0 aliphatic carbocycles. The molecular weight excluding hydrogens is 312 g/mol. The van der Waals surface area contributed by atoms with Crippen molar-refractivity contribution < 1.29 is 23.5 Å². The Bertz CT molecular complexity index is 576. The number of hydrogen-bond acceptors (Lipinski definition) is 5. The van der Waals surface area contributed by atoms with Gasteiger partial charge in [-0.15, -0.1) is 0 Å². The molecule has 1 aliphatic rings. The number of furan rings is 1. The van der Waals surface area contributed by atoms with Crippen LogP contribution >= 0.6 is 0 Å². The van der Waals surface area contributed by atoms with Crippen LogP contribution in [-0.4, -0.2) is 48.8 Å². The summed E-state index contributed by atoms with van der Waals surface area (Å²) in [6, 6.07) is 1.55. The molecule has 134 valence electrons. The molecule has 0 aromatic carbocycles. The van der Waals surface area contributed by atoms with Crippen molar-refractivity contribution in [3.8, 4) is 0 Å². The van der Waals surface area contributed by atoms with Crippen molar-refractivity contribution in [1.82, 2.24) is 4.90 Å². The zero-order chi connectivity index (χ0) is 17.7. The maximum atomic E-state index is 12.6. The lowest BCUT2D eigenvalue weighted by molar-refractivity contribution is 0.0635. The molecule has 1 aliphatic heterocycles. The Morgan fingerprint density at radius 1 is 1.42 bits per heavy atom. The van der Waals surface area contributed by atoms with Crippen molar-refractivity contribution in [2.45, 2.75) is 39.7 Å². The number of hydrogen-bond donors (Lipinski definition) is 1. The van der Waals surface area contributed by atoms with Gasteiger partial charge in [-0.05, 0) is 34.1 Å². The van der Waals surface area contributed by atoms with E-state index < -0.39 is 11.7 Å². The van der Waals surface area contributed by atoms with Crippen LogP contribution in [0.25, 0.3) is 0 Å². The molecule has 7 heteroatoms. The van der Waals surface area contributed by atoms with Gasteiger partial charge in [0.15, 0.2) is 0 Å². The van der Waals surface area contributed by atoms with E-state index >= 15 is 0 Å². The van der Waals surface area contributed by atoms with E-state index in [0.29, 0.717) is 37.9 Å². The van der Waals surface area contributed by atoms with Crippen LogP contribution in [0.4, 0.5) is 10.5 Å². The summed E-state index contributed by atoms with van der Waals surface area (Å²) in [5, 5.41) is 2.57. The lowest BCUT2D eigenvalue weighted by Gasteiger charge is -2.20. The highest BCUT2D eigenvalue weighted by Crippen LogP contribution is 2.24. The first kappa shape index (κ1) is 18.3. The highest BCUT2D eigenvalue weighted by atomic mass is 16.6. The third kappa shape index (κ3) is 4.99. The molecule has 1 N–H and O–H groups in total. The highest BCUT2D eigenvalue weighted by molar-refractivity contribution is 6.00. The smallest absolute Gasteiger partial charge is 0.412 e. The van der Waals surface area contributed by atoms with Gasteiger partial charge in [0, 0.05) is 31.7 Å². The molecule has 0 bridgehead atoms. The van der Waals surface area contributed by atoms with Crippen LogP contribution in [0.3, 0.4) is 0 Å². The highest BCUT2D eigenvalue weighted by Gasteiger charge is 2.30. The zero-order valence-electron chi connectivity index (χ0n) is 14.8. The summed E-state index contributed by atoms with van der Waals surface area (Å²) in [6.45, 7) is 9.89. The lowest BCUT2D eigenvalue weighted by atomic mass is 10.1. The molecule has 0 unspecified atom stereocenters. The van der Waals surface area contributed by atoms with Gasteiger partial charge < -0.3 is 18.8 Å². The monoisotopic (exact) mass is 338 g/mol. The molecule has 1 saturated heterocycles. The molecule has 2 amide bonds. The minimum Gasteiger partial charge on any atom is -0.457 e. The summed E-state index contributed by atoms with van der Waals surface area (Å²) in [5.41, 5.74) is -0.290.